The number of aryl methyl sites for hydroxylation is 1. The van der Waals surface area contributed by atoms with E-state index < -0.39 is 0 Å². The van der Waals surface area contributed by atoms with Gasteiger partial charge in [-0.15, -0.1) is 0 Å². The van der Waals surface area contributed by atoms with Gasteiger partial charge in [0.25, 0.3) is 0 Å². The van der Waals surface area contributed by atoms with E-state index in [1.54, 1.807) is 37.2 Å². The number of hydrogen-bond acceptors (Lipinski definition) is 4. The van der Waals surface area contributed by atoms with Crippen molar-refractivity contribution in [3.05, 3.63) is 60.9 Å². The van der Waals surface area contributed by atoms with Gasteiger partial charge in [0.1, 0.15) is 5.65 Å². The fourth-order valence-electron chi connectivity index (χ4n) is 2.97. The number of pyridine rings is 2. The Morgan fingerprint density at radius 1 is 1.17 bits per heavy atom. The maximum absolute atomic E-state index is 9.52. The number of fused-ring (bicyclic) bond motifs is 1. The highest BCUT2D eigenvalue weighted by Gasteiger charge is 2.22. The quantitative estimate of drug-likeness (QED) is 0.565. The lowest BCUT2D eigenvalue weighted by atomic mass is 9.99. The largest absolute Gasteiger partial charge is 0.472 e. The van der Waals surface area contributed by atoms with Crippen molar-refractivity contribution < 1.29 is 4.42 Å². The third kappa shape index (κ3) is 1.93. The Hall–Kier alpha value is -3.39. The van der Waals surface area contributed by atoms with E-state index in [0.29, 0.717) is 5.56 Å². The standard InChI is InChI=1S/C18H12N4O/c1-22-17(14-5-8-23-11-14)15(13-3-2-6-20-10-13)16-12(9-19)4-7-21-18(16)22/h2-8,10-11H,1H3. The molecule has 0 bridgehead atoms. The Morgan fingerprint density at radius 3 is 2.78 bits per heavy atom. The Labute approximate surface area is 132 Å². The molecule has 0 N–H and O–H groups in total. The van der Waals surface area contributed by atoms with Crippen LogP contribution in [0, 0.1) is 11.3 Å². The summed E-state index contributed by atoms with van der Waals surface area (Å²) in [6.07, 6.45) is 8.52. The van der Waals surface area contributed by atoms with Crippen molar-refractivity contribution in [1.82, 2.24) is 14.5 Å². The van der Waals surface area contributed by atoms with Gasteiger partial charge in [0, 0.05) is 47.7 Å². The molecule has 0 aliphatic carbocycles. The first-order valence-electron chi connectivity index (χ1n) is 7.11. The molecule has 0 saturated heterocycles. The molecule has 0 aliphatic rings. The normalized spacial score (nSPS) is 10.8. The monoisotopic (exact) mass is 300 g/mol. The van der Waals surface area contributed by atoms with E-state index in [1.165, 1.54) is 0 Å². The van der Waals surface area contributed by atoms with E-state index in [4.69, 9.17) is 4.42 Å². The van der Waals surface area contributed by atoms with Gasteiger partial charge in [0.15, 0.2) is 0 Å². The molecule has 0 atom stereocenters. The third-order valence-corrected chi connectivity index (χ3v) is 3.94. The molecule has 5 heteroatoms. The van der Waals surface area contributed by atoms with Crippen LogP contribution in [0.4, 0.5) is 0 Å². The smallest absolute Gasteiger partial charge is 0.142 e. The second kappa shape index (κ2) is 5.11. The van der Waals surface area contributed by atoms with E-state index in [1.807, 2.05) is 29.8 Å². The van der Waals surface area contributed by atoms with Crippen LogP contribution in [0.3, 0.4) is 0 Å². The predicted octanol–water partition coefficient (Wildman–Crippen LogP) is 3.77. The molecular formula is C18H12N4O. The second-order valence-electron chi connectivity index (χ2n) is 5.21. The van der Waals surface area contributed by atoms with Crippen LogP contribution < -0.4 is 0 Å². The van der Waals surface area contributed by atoms with Crippen LogP contribution in [-0.2, 0) is 7.05 Å². The van der Waals surface area contributed by atoms with E-state index in [9.17, 15) is 5.26 Å². The zero-order valence-corrected chi connectivity index (χ0v) is 12.4. The number of nitriles is 1. The summed E-state index contributed by atoms with van der Waals surface area (Å²) in [5.74, 6) is 0. The van der Waals surface area contributed by atoms with E-state index in [2.05, 4.69) is 16.0 Å². The predicted molar refractivity (Wildman–Crippen MR) is 86.4 cm³/mol. The Kier molecular flexibility index (Phi) is 2.95. The van der Waals surface area contributed by atoms with Crippen LogP contribution in [0.5, 0.6) is 0 Å². The Bertz CT molecular complexity index is 1020. The molecule has 0 unspecified atom stereocenters. The summed E-state index contributed by atoms with van der Waals surface area (Å²) in [6.45, 7) is 0. The summed E-state index contributed by atoms with van der Waals surface area (Å²) in [5, 5.41) is 10.4. The van der Waals surface area contributed by atoms with Gasteiger partial charge in [-0.05, 0) is 18.2 Å². The minimum Gasteiger partial charge on any atom is -0.472 e. The van der Waals surface area contributed by atoms with Gasteiger partial charge in [0.05, 0.1) is 29.9 Å². The first-order chi connectivity index (χ1) is 11.3. The molecule has 0 aromatic carbocycles. The van der Waals surface area contributed by atoms with E-state index >= 15 is 0 Å². The van der Waals surface area contributed by atoms with Crippen LogP contribution in [-0.4, -0.2) is 14.5 Å². The summed E-state index contributed by atoms with van der Waals surface area (Å²) in [7, 11) is 1.94. The number of furan rings is 1. The van der Waals surface area contributed by atoms with Crippen molar-refractivity contribution in [2.45, 2.75) is 0 Å². The average molecular weight is 300 g/mol. The highest BCUT2D eigenvalue weighted by atomic mass is 16.3. The van der Waals surface area contributed by atoms with Crippen molar-refractivity contribution in [3.8, 4) is 28.5 Å². The first-order valence-corrected chi connectivity index (χ1v) is 7.11. The first kappa shape index (κ1) is 13.3. The summed E-state index contributed by atoms with van der Waals surface area (Å²) >= 11 is 0. The number of aromatic nitrogens is 3. The number of hydrogen-bond donors (Lipinski definition) is 0. The van der Waals surface area contributed by atoms with Crippen LogP contribution in [0.15, 0.2) is 59.8 Å². The van der Waals surface area contributed by atoms with Gasteiger partial charge < -0.3 is 8.98 Å². The van der Waals surface area contributed by atoms with Gasteiger partial charge >= 0.3 is 0 Å². The van der Waals surface area contributed by atoms with Crippen LogP contribution in [0.2, 0.25) is 0 Å². The lowest BCUT2D eigenvalue weighted by molar-refractivity contribution is 0.568. The molecule has 23 heavy (non-hydrogen) atoms. The highest BCUT2D eigenvalue weighted by Crippen LogP contribution is 2.40. The maximum atomic E-state index is 9.52. The summed E-state index contributed by atoms with van der Waals surface area (Å²) in [5.41, 5.74) is 5.14. The molecule has 5 nitrogen and oxygen atoms in total. The van der Waals surface area contributed by atoms with Crippen molar-refractivity contribution in [2.75, 3.05) is 0 Å². The van der Waals surface area contributed by atoms with Gasteiger partial charge in [0.2, 0.25) is 0 Å². The zero-order chi connectivity index (χ0) is 15.8. The van der Waals surface area contributed by atoms with E-state index in [-0.39, 0.29) is 0 Å². The van der Waals surface area contributed by atoms with Crippen LogP contribution in [0.1, 0.15) is 5.56 Å². The molecule has 0 radical (unpaired) electrons. The number of nitrogens with zero attached hydrogens (tertiary/aromatic N) is 4. The lowest BCUT2D eigenvalue weighted by Crippen LogP contribution is -1.93. The highest BCUT2D eigenvalue weighted by molar-refractivity contribution is 6.05. The van der Waals surface area contributed by atoms with Crippen molar-refractivity contribution in [3.63, 3.8) is 0 Å². The zero-order valence-electron chi connectivity index (χ0n) is 12.4. The van der Waals surface area contributed by atoms with Crippen molar-refractivity contribution in [1.29, 1.82) is 5.26 Å². The molecule has 0 spiro atoms. The minimum atomic E-state index is 0.596. The SMILES string of the molecule is Cn1c(-c2ccoc2)c(-c2cccnc2)c2c(C#N)ccnc21. The molecule has 4 rings (SSSR count). The van der Waals surface area contributed by atoms with Gasteiger partial charge in [-0.1, -0.05) is 6.07 Å². The minimum absolute atomic E-state index is 0.596. The van der Waals surface area contributed by atoms with Crippen molar-refractivity contribution >= 4 is 11.0 Å². The van der Waals surface area contributed by atoms with Gasteiger partial charge in [-0.25, -0.2) is 4.98 Å². The third-order valence-electron chi connectivity index (χ3n) is 3.94. The van der Waals surface area contributed by atoms with Crippen LogP contribution in [0.25, 0.3) is 33.4 Å². The molecule has 0 amide bonds. The Morgan fingerprint density at radius 2 is 2.09 bits per heavy atom. The maximum Gasteiger partial charge on any atom is 0.142 e. The summed E-state index contributed by atoms with van der Waals surface area (Å²) in [6, 6.07) is 9.78. The molecule has 4 aromatic rings. The molecule has 0 saturated carbocycles. The topological polar surface area (TPSA) is 67.6 Å². The summed E-state index contributed by atoms with van der Waals surface area (Å²) < 4.78 is 7.24. The second-order valence-corrected chi connectivity index (χ2v) is 5.21. The van der Waals surface area contributed by atoms with Crippen LogP contribution >= 0.6 is 0 Å². The molecule has 0 fully saturated rings. The number of rotatable bonds is 2. The van der Waals surface area contributed by atoms with E-state index in [0.717, 1.165) is 33.4 Å². The lowest BCUT2D eigenvalue weighted by Gasteiger charge is -2.05. The fraction of sp³-hybridized carbons (Fsp3) is 0.0556. The molecular weight excluding hydrogens is 288 g/mol. The molecule has 4 aromatic heterocycles. The average Bonchev–Trinajstić information content (AvgIpc) is 3.22. The van der Waals surface area contributed by atoms with Crippen molar-refractivity contribution in [2.24, 2.45) is 7.05 Å². The van der Waals surface area contributed by atoms with Gasteiger partial charge in [-0.2, -0.15) is 5.26 Å². The fourth-order valence-corrected chi connectivity index (χ4v) is 2.97. The Balaban J connectivity index is 2.21. The molecule has 110 valence electrons. The van der Waals surface area contributed by atoms with Gasteiger partial charge in [-0.3, -0.25) is 4.98 Å². The summed E-state index contributed by atoms with van der Waals surface area (Å²) in [4.78, 5) is 8.69. The molecule has 4 heterocycles. The molecule has 0 aliphatic heterocycles.